The lowest BCUT2D eigenvalue weighted by molar-refractivity contribution is 0.252. The zero-order chi connectivity index (χ0) is 11.0. The topological polar surface area (TPSA) is 75.7 Å². The third-order valence-electron chi connectivity index (χ3n) is 2.64. The number of nitrogens with two attached hydrogens (primary N) is 1. The molecule has 2 rings (SSSR count). The van der Waals surface area contributed by atoms with Gasteiger partial charge in [-0.3, -0.25) is 0 Å². The van der Waals surface area contributed by atoms with Crippen LogP contribution < -0.4 is 10.5 Å². The quantitative estimate of drug-likeness (QED) is 0.670. The Balaban J connectivity index is 2.39. The number of phenols is 1. The van der Waals surface area contributed by atoms with Gasteiger partial charge in [0, 0.05) is 17.5 Å². The van der Waals surface area contributed by atoms with E-state index < -0.39 is 6.04 Å². The Bertz CT molecular complexity index is 378. The highest BCUT2D eigenvalue weighted by atomic mass is 16.5. The molecule has 0 spiro atoms. The maximum atomic E-state index is 9.72. The van der Waals surface area contributed by atoms with E-state index in [4.69, 9.17) is 15.6 Å². The fraction of sp³-hybridized carbons (Fsp3) is 0.455. The summed E-state index contributed by atoms with van der Waals surface area (Å²) in [5.74, 6) is 0.896. The molecule has 1 heterocycles. The van der Waals surface area contributed by atoms with Crippen LogP contribution >= 0.6 is 0 Å². The highest BCUT2D eigenvalue weighted by Gasteiger charge is 2.22. The number of aliphatic hydroxyl groups excluding tert-OH is 1. The number of fused-ring (bicyclic) bond motifs is 1. The second-order valence-corrected chi connectivity index (χ2v) is 3.94. The van der Waals surface area contributed by atoms with E-state index in [2.05, 4.69) is 0 Å². The van der Waals surface area contributed by atoms with Crippen LogP contribution in [0.4, 0.5) is 0 Å². The molecular formula is C11H15NO3. The van der Waals surface area contributed by atoms with Crippen molar-refractivity contribution in [2.45, 2.75) is 25.5 Å². The van der Waals surface area contributed by atoms with Crippen LogP contribution in [-0.4, -0.2) is 22.9 Å². The first kappa shape index (κ1) is 10.3. The van der Waals surface area contributed by atoms with Crippen molar-refractivity contribution in [1.82, 2.24) is 0 Å². The minimum atomic E-state index is -0.560. The van der Waals surface area contributed by atoms with Crippen LogP contribution in [0.5, 0.6) is 11.5 Å². The van der Waals surface area contributed by atoms with Crippen molar-refractivity contribution < 1.29 is 14.9 Å². The summed E-state index contributed by atoms with van der Waals surface area (Å²) in [6, 6.07) is 2.83. The van der Waals surface area contributed by atoms with Gasteiger partial charge in [-0.1, -0.05) is 0 Å². The average molecular weight is 209 g/mol. The molecule has 2 unspecified atom stereocenters. The van der Waals surface area contributed by atoms with Gasteiger partial charge >= 0.3 is 0 Å². The van der Waals surface area contributed by atoms with Crippen LogP contribution in [-0.2, 0) is 6.42 Å². The second kappa shape index (κ2) is 3.72. The van der Waals surface area contributed by atoms with Crippen molar-refractivity contribution in [2.24, 2.45) is 5.73 Å². The maximum Gasteiger partial charge on any atom is 0.123 e. The van der Waals surface area contributed by atoms with Crippen molar-refractivity contribution in [2.75, 3.05) is 6.61 Å². The Morgan fingerprint density at radius 2 is 2.33 bits per heavy atom. The summed E-state index contributed by atoms with van der Waals surface area (Å²) in [5, 5.41) is 18.7. The highest BCUT2D eigenvalue weighted by Crippen LogP contribution is 2.36. The van der Waals surface area contributed by atoms with Crippen molar-refractivity contribution in [3.63, 3.8) is 0 Å². The van der Waals surface area contributed by atoms with Gasteiger partial charge in [0.1, 0.15) is 17.6 Å². The predicted octanol–water partition coefficient (Wildman–Crippen LogP) is 0.708. The number of hydrogen-bond donors (Lipinski definition) is 3. The van der Waals surface area contributed by atoms with Gasteiger partial charge in [-0.05, 0) is 19.1 Å². The number of ether oxygens (including phenoxy) is 1. The van der Waals surface area contributed by atoms with E-state index in [0.717, 1.165) is 17.7 Å². The Hall–Kier alpha value is -1.26. The molecule has 0 saturated carbocycles. The molecule has 1 aliphatic heterocycles. The fourth-order valence-corrected chi connectivity index (χ4v) is 1.86. The standard InChI is InChI=1S/C11H15NO3/c1-6-2-7-3-10(14)8(9(12)5-13)4-11(7)15-6/h3-4,6,9,13-14H,2,5,12H2,1H3. The smallest absolute Gasteiger partial charge is 0.123 e. The molecule has 0 radical (unpaired) electrons. The molecule has 0 bridgehead atoms. The normalized spacial score (nSPS) is 20.9. The summed E-state index contributed by atoms with van der Waals surface area (Å²) < 4.78 is 5.55. The van der Waals surface area contributed by atoms with E-state index in [1.165, 1.54) is 0 Å². The van der Waals surface area contributed by atoms with E-state index in [1.54, 1.807) is 12.1 Å². The fourth-order valence-electron chi connectivity index (χ4n) is 1.86. The molecule has 2 atom stereocenters. The summed E-state index contributed by atoms with van der Waals surface area (Å²) in [6.07, 6.45) is 0.942. The zero-order valence-electron chi connectivity index (χ0n) is 8.60. The molecule has 4 N–H and O–H groups in total. The lowest BCUT2D eigenvalue weighted by Crippen LogP contribution is -2.14. The Morgan fingerprint density at radius 1 is 1.60 bits per heavy atom. The monoisotopic (exact) mass is 209 g/mol. The lowest BCUT2D eigenvalue weighted by Gasteiger charge is -2.12. The number of phenolic OH excluding ortho intramolecular Hbond substituents is 1. The largest absolute Gasteiger partial charge is 0.508 e. The summed E-state index contributed by atoms with van der Waals surface area (Å²) in [6.45, 7) is 1.78. The minimum Gasteiger partial charge on any atom is -0.508 e. The van der Waals surface area contributed by atoms with Crippen molar-refractivity contribution in [3.05, 3.63) is 23.3 Å². The van der Waals surface area contributed by atoms with E-state index in [1.807, 2.05) is 6.92 Å². The molecule has 0 saturated heterocycles. The number of benzene rings is 1. The maximum absolute atomic E-state index is 9.72. The second-order valence-electron chi connectivity index (χ2n) is 3.94. The molecule has 0 fully saturated rings. The SMILES string of the molecule is CC1Cc2cc(O)c(C(N)CO)cc2O1. The molecule has 0 amide bonds. The molecule has 0 aromatic heterocycles. The van der Waals surface area contributed by atoms with Gasteiger partial charge in [-0.25, -0.2) is 0 Å². The van der Waals surface area contributed by atoms with Gasteiger partial charge in [0.05, 0.1) is 12.6 Å². The van der Waals surface area contributed by atoms with E-state index in [-0.39, 0.29) is 18.5 Å². The third kappa shape index (κ3) is 1.78. The molecule has 1 aromatic carbocycles. The van der Waals surface area contributed by atoms with Crippen molar-refractivity contribution >= 4 is 0 Å². The van der Waals surface area contributed by atoms with Gasteiger partial charge in [0.2, 0.25) is 0 Å². The van der Waals surface area contributed by atoms with Gasteiger partial charge in [0.25, 0.3) is 0 Å². The van der Waals surface area contributed by atoms with Crippen LogP contribution in [0.25, 0.3) is 0 Å². The van der Waals surface area contributed by atoms with Crippen LogP contribution in [0.1, 0.15) is 24.1 Å². The first-order chi connectivity index (χ1) is 7.11. The Morgan fingerprint density at radius 3 is 3.00 bits per heavy atom. The predicted molar refractivity (Wildman–Crippen MR) is 55.9 cm³/mol. The first-order valence-corrected chi connectivity index (χ1v) is 5.00. The number of hydrogen-bond acceptors (Lipinski definition) is 4. The molecule has 82 valence electrons. The van der Waals surface area contributed by atoms with Crippen molar-refractivity contribution in [1.29, 1.82) is 0 Å². The minimum absolute atomic E-state index is 0.132. The Labute approximate surface area is 88.3 Å². The van der Waals surface area contributed by atoms with Gasteiger partial charge in [-0.15, -0.1) is 0 Å². The molecule has 0 aliphatic carbocycles. The van der Waals surface area contributed by atoms with E-state index in [0.29, 0.717) is 5.56 Å². The van der Waals surface area contributed by atoms with E-state index in [9.17, 15) is 5.11 Å². The Kier molecular flexibility index (Phi) is 2.54. The van der Waals surface area contributed by atoms with Crippen LogP contribution in [0.3, 0.4) is 0 Å². The lowest BCUT2D eigenvalue weighted by atomic mass is 10.0. The first-order valence-electron chi connectivity index (χ1n) is 5.00. The third-order valence-corrected chi connectivity index (χ3v) is 2.64. The number of rotatable bonds is 2. The molecule has 15 heavy (non-hydrogen) atoms. The van der Waals surface area contributed by atoms with Crippen molar-refractivity contribution in [3.8, 4) is 11.5 Å². The number of aromatic hydroxyl groups is 1. The molecule has 4 heteroatoms. The molecule has 4 nitrogen and oxygen atoms in total. The van der Waals surface area contributed by atoms with Crippen LogP contribution in [0, 0.1) is 0 Å². The molecule has 1 aliphatic rings. The number of aliphatic hydroxyl groups is 1. The van der Waals surface area contributed by atoms with E-state index >= 15 is 0 Å². The highest BCUT2D eigenvalue weighted by molar-refractivity contribution is 5.49. The van der Waals surface area contributed by atoms with Crippen LogP contribution in [0.15, 0.2) is 12.1 Å². The van der Waals surface area contributed by atoms with Crippen LogP contribution in [0.2, 0.25) is 0 Å². The molecule has 1 aromatic rings. The van der Waals surface area contributed by atoms with Gasteiger partial charge in [0.15, 0.2) is 0 Å². The molecular weight excluding hydrogens is 194 g/mol. The summed E-state index contributed by atoms with van der Waals surface area (Å²) in [4.78, 5) is 0. The average Bonchev–Trinajstić information content (AvgIpc) is 2.55. The summed E-state index contributed by atoms with van der Waals surface area (Å²) in [5.41, 5.74) is 7.19. The van der Waals surface area contributed by atoms with Gasteiger partial charge in [-0.2, -0.15) is 0 Å². The summed E-state index contributed by atoms with van der Waals surface area (Å²) in [7, 11) is 0. The summed E-state index contributed by atoms with van der Waals surface area (Å²) >= 11 is 0. The van der Waals surface area contributed by atoms with Gasteiger partial charge < -0.3 is 20.7 Å². The zero-order valence-corrected chi connectivity index (χ0v) is 8.60.